The van der Waals surface area contributed by atoms with E-state index in [2.05, 4.69) is 4.98 Å². The summed E-state index contributed by atoms with van der Waals surface area (Å²) in [7, 11) is 0. The maximum atomic E-state index is 12.8. The van der Waals surface area contributed by atoms with Crippen LogP contribution in [0.1, 0.15) is 40.3 Å². The van der Waals surface area contributed by atoms with E-state index >= 15 is 0 Å². The molecule has 3 rings (SSSR count). The molecule has 2 aliphatic rings. The van der Waals surface area contributed by atoms with Crippen molar-refractivity contribution in [2.24, 2.45) is 0 Å². The number of likely N-dealkylation sites (N-methyl/N-ethyl adjacent to an activating group) is 1. The maximum Gasteiger partial charge on any atom is 0.248 e. The monoisotopic (exact) mass is 300 g/mol. The van der Waals surface area contributed by atoms with Crippen molar-refractivity contribution in [1.82, 2.24) is 9.88 Å². The van der Waals surface area contributed by atoms with Crippen LogP contribution >= 0.6 is 0 Å². The molecule has 6 nitrogen and oxygen atoms in total. The zero-order valence-corrected chi connectivity index (χ0v) is 12.6. The fourth-order valence-electron chi connectivity index (χ4n) is 3.13. The molecule has 0 fully saturated rings. The summed E-state index contributed by atoms with van der Waals surface area (Å²) >= 11 is 0. The van der Waals surface area contributed by atoms with Crippen LogP contribution in [0, 0.1) is 6.92 Å². The minimum atomic E-state index is -0.960. The normalized spacial score (nSPS) is 20.8. The predicted molar refractivity (Wildman–Crippen MR) is 79.6 cm³/mol. The predicted octanol–water partition coefficient (Wildman–Crippen LogP) is 0.917. The van der Waals surface area contributed by atoms with Crippen LogP contribution in [0.5, 0.6) is 0 Å². The fraction of sp³-hybridized carbons (Fsp3) is 0.312. The number of ketones is 2. The van der Waals surface area contributed by atoms with Crippen LogP contribution in [0.2, 0.25) is 0 Å². The van der Waals surface area contributed by atoms with Crippen LogP contribution in [-0.4, -0.2) is 39.3 Å². The minimum Gasteiger partial charge on any atom is -0.370 e. The zero-order valence-electron chi connectivity index (χ0n) is 12.6. The molecular formula is C16H16N2O4. The second-order valence-corrected chi connectivity index (χ2v) is 5.50. The quantitative estimate of drug-likeness (QED) is 0.804. The second-order valence-electron chi connectivity index (χ2n) is 5.50. The van der Waals surface area contributed by atoms with Crippen LogP contribution in [-0.2, 0) is 0 Å². The molecular weight excluding hydrogens is 284 g/mol. The molecule has 2 N–H and O–H groups in total. The fourth-order valence-corrected chi connectivity index (χ4v) is 3.13. The van der Waals surface area contributed by atoms with Gasteiger partial charge in [0.25, 0.3) is 0 Å². The molecule has 114 valence electrons. The van der Waals surface area contributed by atoms with E-state index in [1.807, 2.05) is 0 Å². The molecule has 0 spiro atoms. The first-order chi connectivity index (χ1) is 10.4. The standard InChI is InChI=1S/C16H16N2O4/c1-4-18-10(20)6-8(3)12-14(18)16(22)13-11(15(12)21)7(2)5-9(19)17-13/h5-6,10,20H,4H2,1-3H3,(H,17,19). The summed E-state index contributed by atoms with van der Waals surface area (Å²) in [5.74, 6) is -0.726. The molecule has 0 radical (unpaired) electrons. The van der Waals surface area contributed by atoms with Crippen molar-refractivity contribution < 1.29 is 14.7 Å². The molecule has 2 heterocycles. The molecule has 1 aliphatic carbocycles. The Bertz CT molecular complexity index is 829. The number of rotatable bonds is 1. The molecule has 6 heteroatoms. The number of carbonyl (C=O) groups is 2. The van der Waals surface area contributed by atoms with Crippen LogP contribution in [0.15, 0.2) is 33.8 Å². The Balaban J connectivity index is 2.33. The molecule has 1 aromatic heterocycles. The number of H-pyrrole nitrogens is 1. The molecule has 1 aromatic rings. The van der Waals surface area contributed by atoms with Crippen molar-refractivity contribution in [1.29, 1.82) is 0 Å². The van der Waals surface area contributed by atoms with Crippen molar-refractivity contribution in [2.45, 2.75) is 27.0 Å². The molecule has 0 aromatic carbocycles. The number of carbonyl (C=O) groups excluding carboxylic acids is 2. The van der Waals surface area contributed by atoms with Gasteiger partial charge in [-0.15, -0.1) is 0 Å². The van der Waals surface area contributed by atoms with Crippen molar-refractivity contribution >= 4 is 11.6 Å². The molecule has 0 saturated heterocycles. The smallest absolute Gasteiger partial charge is 0.248 e. The van der Waals surface area contributed by atoms with E-state index in [4.69, 9.17) is 0 Å². The van der Waals surface area contributed by atoms with E-state index in [1.54, 1.807) is 26.8 Å². The third-order valence-corrected chi connectivity index (χ3v) is 4.11. The number of hydrogen-bond acceptors (Lipinski definition) is 5. The number of nitrogens with one attached hydrogen (secondary N) is 1. The number of aromatic nitrogens is 1. The highest BCUT2D eigenvalue weighted by Crippen LogP contribution is 2.35. The average molecular weight is 300 g/mol. The number of aliphatic hydroxyl groups is 1. The Labute approximate surface area is 126 Å². The SMILES string of the molecule is CCN1C2=C(C(=O)c3c(C)cc(=O)[nH]c3C2=O)C(C)=CC1O. The van der Waals surface area contributed by atoms with Gasteiger partial charge in [0.2, 0.25) is 11.3 Å². The highest BCUT2D eigenvalue weighted by atomic mass is 16.3. The maximum absolute atomic E-state index is 12.8. The Morgan fingerprint density at radius 3 is 2.55 bits per heavy atom. The highest BCUT2D eigenvalue weighted by Gasteiger charge is 2.40. The van der Waals surface area contributed by atoms with Gasteiger partial charge in [0.05, 0.1) is 11.1 Å². The van der Waals surface area contributed by atoms with Gasteiger partial charge < -0.3 is 15.0 Å². The van der Waals surface area contributed by atoms with E-state index in [9.17, 15) is 19.5 Å². The van der Waals surface area contributed by atoms with E-state index in [-0.39, 0.29) is 22.7 Å². The summed E-state index contributed by atoms with van der Waals surface area (Å²) in [6.45, 7) is 5.49. The summed E-state index contributed by atoms with van der Waals surface area (Å²) < 4.78 is 0. The Morgan fingerprint density at radius 1 is 1.23 bits per heavy atom. The van der Waals surface area contributed by atoms with Gasteiger partial charge in [-0.1, -0.05) is 0 Å². The lowest BCUT2D eigenvalue weighted by Crippen LogP contribution is -2.43. The van der Waals surface area contributed by atoms with Gasteiger partial charge >= 0.3 is 0 Å². The second kappa shape index (κ2) is 4.78. The lowest BCUT2D eigenvalue weighted by Gasteiger charge is -2.36. The van der Waals surface area contributed by atoms with E-state index in [0.29, 0.717) is 23.3 Å². The van der Waals surface area contributed by atoms with Gasteiger partial charge in [0.15, 0.2) is 5.78 Å². The lowest BCUT2D eigenvalue weighted by molar-refractivity contribution is 0.0581. The summed E-state index contributed by atoms with van der Waals surface area (Å²) in [4.78, 5) is 41.2. The van der Waals surface area contributed by atoms with Gasteiger partial charge in [-0.05, 0) is 38.0 Å². The number of aliphatic hydroxyl groups excluding tert-OH is 1. The van der Waals surface area contributed by atoms with Crippen LogP contribution in [0.25, 0.3) is 0 Å². The Kier molecular flexibility index (Phi) is 3.14. The Morgan fingerprint density at radius 2 is 1.91 bits per heavy atom. The summed E-state index contributed by atoms with van der Waals surface area (Å²) in [5, 5.41) is 10.1. The molecule has 1 atom stereocenters. The van der Waals surface area contributed by atoms with Crippen molar-refractivity contribution in [3.8, 4) is 0 Å². The number of hydrogen-bond donors (Lipinski definition) is 2. The van der Waals surface area contributed by atoms with Crippen LogP contribution in [0.3, 0.4) is 0 Å². The number of aryl methyl sites for hydroxylation is 1. The number of fused-ring (bicyclic) bond motifs is 1. The number of allylic oxidation sites excluding steroid dienone is 3. The minimum absolute atomic E-state index is 0.00843. The van der Waals surface area contributed by atoms with Gasteiger partial charge in [0, 0.05) is 12.6 Å². The van der Waals surface area contributed by atoms with Gasteiger partial charge in [-0.2, -0.15) is 0 Å². The number of nitrogens with zero attached hydrogens (tertiary/aromatic N) is 1. The molecule has 0 bridgehead atoms. The number of aromatic amines is 1. The van der Waals surface area contributed by atoms with E-state index in [0.717, 1.165) is 0 Å². The third-order valence-electron chi connectivity index (χ3n) is 4.11. The van der Waals surface area contributed by atoms with Gasteiger partial charge in [0.1, 0.15) is 17.6 Å². The largest absolute Gasteiger partial charge is 0.370 e. The summed E-state index contributed by atoms with van der Waals surface area (Å²) in [6, 6.07) is 1.31. The van der Waals surface area contributed by atoms with Crippen molar-refractivity contribution in [2.75, 3.05) is 6.54 Å². The Hall–Kier alpha value is -2.47. The van der Waals surface area contributed by atoms with Crippen LogP contribution < -0.4 is 5.56 Å². The van der Waals surface area contributed by atoms with Crippen molar-refractivity contribution in [3.05, 3.63) is 56.2 Å². The first-order valence-corrected chi connectivity index (χ1v) is 7.08. The first kappa shape index (κ1) is 14.5. The zero-order chi connectivity index (χ0) is 16.2. The highest BCUT2D eigenvalue weighted by molar-refractivity contribution is 6.28. The van der Waals surface area contributed by atoms with E-state index < -0.39 is 17.6 Å². The van der Waals surface area contributed by atoms with Crippen LogP contribution in [0.4, 0.5) is 0 Å². The molecule has 1 aliphatic heterocycles. The van der Waals surface area contributed by atoms with Crippen molar-refractivity contribution in [3.63, 3.8) is 0 Å². The van der Waals surface area contributed by atoms with Gasteiger partial charge in [-0.3, -0.25) is 14.4 Å². The average Bonchev–Trinajstić information content (AvgIpc) is 2.43. The summed E-state index contributed by atoms with van der Waals surface area (Å²) in [6.07, 6.45) is 0.595. The molecule has 1 unspecified atom stereocenters. The summed E-state index contributed by atoms with van der Waals surface area (Å²) in [5.41, 5.74) is 1.34. The lowest BCUT2D eigenvalue weighted by atomic mass is 9.82. The molecule has 0 amide bonds. The number of Topliss-reactive ketones (excluding diaryl/α,β-unsaturated/α-hetero) is 2. The first-order valence-electron chi connectivity index (χ1n) is 7.08. The van der Waals surface area contributed by atoms with Gasteiger partial charge in [-0.25, -0.2) is 0 Å². The van der Waals surface area contributed by atoms with E-state index in [1.165, 1.54) is 11.0 Å². The number of pyridine rings is 1. The topological polar surface area (TPSA) is 90.5 Å². The molecule has 22 heavy (non-hydrogen) atoms. The third kappa shape index (κ3) is 1.80. The molecule has 0 saturated carbocycles.